The summed E-state index contributed by atoms with van der Waals surface area (Å²) in [5.74, 6) is 0.352. The minimum Gasteiger partial charge on any atom is -0.497 e. The molecule has 1 atom stereocenters. The largest absolute Gasteiger partial charge is 0.497 e. The van der Waals surface area contributed by atoms with Crippen LogP contribution in [0.1, 0.15) is 13.3 Å². The van der Waals surface area contributed by atoms with Crippen LogP contribution < -0.4 is 14.8 Å². The fourth-order valence-electron chi connectivity index (χ4n) is 2.96. The van der Waals surface area contributed by atoms with Crippen LogP contribution in [0.25, 0.3) is 0 Å². The van der Waals surface area contributed by atoms with Crippen molar-refractivity contribution in [2.45, 2.75) is 24.3 Å². The number of rotatable bonds is 12. The molecule has 0 saturated carbocycles. The van der Waals surface area contributed by atoms with Crippen molar-refractivity contribution in [2.24, 2.45) is 0 Å². The van der Waals surface area contributed by atoms with E-state index in [4.69, 9.17) is 4.74 Å². The molecule has 0 aliphatic rings. The zero-order chi connectivity index (χ0) is 23.6. The third kappa shape index (κ3) is 7.54. The summed E-state index contributed by atoms with van der Waals surface area (Å²) in [7, 11) is -2.35. The summed E-state index contributed by atoms with van der Waals surface area (Å²) in [6, 6.07) is 13.8. The van der Waals surface area contributed by atoms with Gasteiger partial charge in [-0.15, -0.1) is 0 Å². The first-order chi connectivity index (χ1) is 15.3. The van der Waals surface area contributed by atoms with Crippen molar-refractivity contribution in [3.63, 3.8) is 0 Å². The number of carbonyl (C=O) groups is 2. The molecule has 32 heavy (non-hydrogen) atoms. The predicted octanol–water partition coefficient (Wildman–Crippen LogP) is 2.58. The first kappa shape index (κ1) is 25.7. The van der Waals surface area contributed by atoms with Crippen LogP contribution in [0.5, 0.6) is 5.75 Å². The van der Waals surface area contributed by atoms with Gasteiger partial charge in [-0.25, -0.2) is 8.42 Å². The number of thioether (sulfide) groups is 1. The predicted molar refractivity (Wildman–Crippen MR) is 127 cm³/mol. The highest BCUT2D eigenvalue weighted by atomic mass is 32.2. The normalized spacial score (nSPS) is 12.1. The third-order valence-corrected chi connectivity index (χ3v) is 6.77. The molecule has 8 nitrogen and oxygen atoms in total. The van der Waals surface area contributed by atoms with Gasteiger partial charge in [0.05, 0.1) is 18.6 Å². The average Bonchev–Trinajstić information content (AvgIpc) is 2.80. The SMILES string of the molecule is CCN(CC(=O)Nc1cccc(OC)c1)C(=O)C(CCSC)NS(=O)(=O)c1ccccc1. The van der Waals surface area contributed by atoms with E-state index in [0.29, 0.717) is 23.6 Å². The topological polar surface area (TPSA) is 105 Å². The van der Waals surface area contributed by atoms with E-state index in [0.717, 1.165) is 0 Å². The lowest BCUT2D eigenvalue weighted by Gasteiger charge is -2.26. The highest BCUT2D eigenvalue weighted by Crippen LogP contribution is 2.17. The van der Waals surface area contributed by atoms with Gasteiger partial charge in [-0.2, -0.15) is 16.5 Å². The Bertz CT molecular complexity index is 1000. The van der Waals surface area contributed by atoms with E-state index >= 15 is 0 Å². The fourth-order valence-corrected chi connectivity index (χ4v) is 4.68. The van der Waals surface area contributed by atoms with E-state index in [2.05, 4.69) is 10.0 Å². The van der Waals surface area contributed by atoms with E-state index in [-0.39, 0.29) is 23.9 Å². The average molecular weight is 480 g/mol. The molecule has 10 heteroatoms. The number of anilines is 1. The minimum absolute atomic E-state index is 0.0840. The Hall–Kier alpha value is -2.56. The zero-order valence-electron chi connectivity index (χ0n) is 18.4. The molecular formula is C22H29N3O5S2. The van der Waals surface area contributed by atoms with E-state index in [9.17, 15) is 18.0 Å². The van der Waals surface area contributed by atoms with Crippen molar-refractivity contribution < 1.29 is 22.7 Å². The van der Waals surface area contributed by atoms with Gasteiger partial charge in [-0.05, 0) is 49.6 Å². The van der Waals surface area contributed by atoms with E-state index in [1.165, 1.54) is 35.9 Å². The molecule has 2 rings (SSSR count). The summed E-state index contributed by atoms with van der Waals surface area (Å²) < 4.78 is 33.2. The molecule has 0 radical (unpaired) electrons. The second-order valence-corrected chi connectivity index (χ2v) is 9.60. The van der Waals surface area contributed by atoms with Gasteiger partial charge in [0.2, 0.25) is 21.8 Å². The molecule has 0 aliphatic heterocycles. The van der Waals surface area contributed by atoms with Crippen LogP contribution in [0.4, 0.5) is 5.69 Å². The molecule has 2 aromatic rings. The molecule has 0 bridgehead atoms. The molecule has 2 amide bonds. The summed E-state index contributed by atoms with van der Waals surface area (Å²) in [4.78, 5) is 27.1. The van der Waals surface area contributed by atoms with Crippen LogP contribution in [-0.2, 0) is 19.6 Å². The Morgan fingerprint density at radius 1 is 1.12 bits per heavy atom. The van der Waals surface area contributed by atoms with Gasteiger partial charge in [0.15, 0.2) is 0 Å². The molecule has 0 spiro atoms. The molecule has 2 aromatic carbocycles. The summed E-state index contributed by atoms with van der Waals surface area (Å²) in [6.45, 7) is 1.80. The summed E-state index contributed by atoms with van der Waals surface area (Å²) in [5, 5.41) is 2.74. The number of amides is 2. The molecule has 174 valence electrons. The second kappa shape index (κ2) is 12.5. The molecule has 1 unspecified atom stereocenters. The van der Waals surface area contributed by atoms with E-state index in [1.807, 2.05) is 6.26 Å². The van der Waals surface area contributed by atoms with Crippen LogP contribution in [0, 0.1) is 0 Å². The Balaban J connectivity index is 2.12. The maximum absolute atomic E-state index is 13.2. The Morgan fingerprint density at radius 2 is 1.84 bits per heavy atom. The van der Waals surface area contributed by atoms with Gasteiger partial charge < -0.3 is 15.0 Å². The maximum Gasteiger partial charge on any atom is 0.243 e. The second-order valence-electron chi connectivity index (χ2n) is 6.90. The van der Waals surface area contributed by atoms with Crippen LogP contribution >= 0.6 is 11.8 Å². The molecular weight excluding hydrogens is 450 g/mol. The molecule has 2 N–H and O–H groups in total. The number of nitrogens with zero attached hydrogens (tertiary/aromatic N) is 1. The van der Waals surface area contributed by atoms with Gasteiger partial charge in [-0.3, -0.25) is 9.59 Å². The number of nitrogens with one attached hydrogen (secondary N) is 2. The van der Waals surface area contributed by atoms with E-state index < -0.39 is 22.0 Å². The number of carbonyl (C=O) groups excluding carboxylic acids is 2. The Morgan fingerprint density at radius 3 is 2.47 bits per heavy atom. The van der Waals surface area contributed by atoms with Gasteiger partial charge in [-0.1, -0.05) is 24.3 Å². The van der Waals surface area contributed by atoms with Crippen LogP contribution in [-0.4, -0.2) is 63.4 Å². The number of sulfonamides is 1. The molecule has 0 fully saturated rings. The van der Waals surface area contributed by atoms with Crippen molar-refractivity contribution in [1.82, 2.24) is 9.62 Å². The molecule has 0 saturated heterocycles. The van der Waals surface area contributed by atoms with Crippen molar-refractivity contribution in [1.29, 1.82) is 0 Å². The lowest BCUT2D eigenvalue weighted by molar-refractivity contribution is -0.136. The zero-order valence-corrected chi connectivity index (χ0v) is 20.0. The number of benzene rings is 2. The van der Waals surface area contributed by atoms with Crippen molar-refractivity contribution in [3.05, 3.63) is 54.6 Å². The van der Waals surface area contributed by atoms with Crippen molar-refractivity contribution >= 4 is 39.3 Å². The summed E-state index contributed by atoms with van der Waals surface area (Å²) in [6.07, 6.45) is 2.19. The monoisotopic (exact) mass is 479 g/mol. The number of ether oxygens (including phenoxy) is 1. The number of hydrogen-bond acceptors (Lipinski definition) is 6. The fraction of sp³-hybridized carbons (Fsp3) is 0.364. The number of likely N-dealkylation sites (N-methyl/N-ethyl adjacent to an activating group) is 1. The van der Waals surface area contributed by atoms with Crippen molar-refractivity contribution in [3.8, 4) is 5.75 Å². The highest BCUT2D eigenvalue weighted by molar-refractivity contribution is 7.98. The maximum atomic E-state index is 13.2. The smallest absolute Gasteiger partial charge is 0.243 e. The van der Waals surface area contributed by atoms with Gasteiger partial charge in [0, 0.05) is 18.3 Å². The van der Waals surface area contributed by atoms with Gasteiger partial charge >= 0.3 is 0 Å². The third-order valence-electron chi connectivity index (χ3n) is 4.64. The standard InChI is InChI=1S/C22H29N3O5S2/c1-4-25(16-21(26)23-17-9-8-10-18(15-17)30-2)22(27)20(13-14-31-3)24-32(28,29)19-11-6-5-7-12-19/h5-12,15,20,24H,4,13-14,16H2,1-3H3,(H,23,26). The molecule has 0 heterocycles. The summed E-state index contributed by atoms with van der Waals surface area (Å²) in [5.41, 5.74) is 0.543. The van der Waals surface area contributed by atoms with Crippen LogP contribution in [0.2, 0.25) is 0 Å². The van der Waals surface area contributed by atoms with Crippen LogP contribution in [0.15, 0.2) is 59.5 Å². The van der Waals surface area contributed by atoms with Gasteiger partial charge in [0.1, 0.15) is 11.8 Å². The first-order valence-corrected chi connectivity index (χ1v) is 13.0. The lowest BCUT2D eigenvalue weighted by Crippen LogP contribution is -2.50. The van der Waals surface area contributed by atoms with E-state index in [1.54, 1.807) is 49.4 Å². The number of methoxy groups -OCH3 is 1. The highest BCUT2D eigenvalue weighted by Gasteiger charge is 2.29. The first-order valence-electron chi connectivity index (χ1n) is 10.1. The van der Waals surface area contributed by atoms with Gasteiger partial charge in [0.25, 0.3) is 0 Å². The minimum atomic E-state index is -3.88. The summed E-state index contributed by atoms with van der Waals surface area (Å²) >= 11 is 1.51. The molecule has 0 aliphatic carbocycles. The molecule has 0 aromatic heterocycles. The van der Waals surface area contributed by atoms with Crippen LogP contribution in [0.3, 0.4) is 0 Å². The number of hydrogen-bond donors (Lipinski definition) is 2. The quantitative estimate of drug-likeness (QED) is 0.485. The Labute approximate surface area is 193 Å². The lowest BCUT2D eigenvalue weighted by atomic mass is 10.2. The Kier molecular flexibility index (Phi) is 10.0. The van der Waals surface area contributed by atoms with Crippen molar-refractivity contribution in [2.75, 3.05) is 37.5 Å².